The van der Waals surface area contributed by atoms with Crippen LogP contribution in [0.15, 0.2) is 0 Å². The molecule has 0 rings (SSSR count). The van der Waals surface area contributed by atoms with Crippen molar-refractivity contribution in [3.63, 3.8) is 0 Å². The minimum absolute atomic E-state index is 0. The molecule has 33 heavy (non-hydrogen) atoms. The van der Waals surface area contributed by atoms with Gasteiger partial charge >= 0.3 is 223 Å². The van der Waals surface area contributed by atoms with E-state index in [4.69, 9.17) is 0 Å². The maximum Gasteiger partial charge on any atom is -0.412 e. The molecule has 0 bridgehead atoms. The molecule has 0 aromatic heterocycles. The largest absolute Gasteiger partial charge is 0.412 e. The molecule has 2 N–H and O–H groups in total. The molecule has 0 fully saturated rings. The van der Waals surface area contributed by atoms with E-state index in [9.17, 15) is 0 Å². The molecule has 0 heterocycles. The summed E-state index contributed by atoms with van der Waals surface area (Å²) in [6, 6.07) is 0. The van der Waals surface area contributed by atoms with Crippen LogP contribution in [0.3, 0.4) is 0 Å². The molecule has 0 aromatic rings. The average molecular weight is 682 g/mol. The van der Waals surface area contributed by atoms with Gasteiger partial charge < -0.3 is 5.48 Å². The fourth-order valence-electron chi connectivity index (χ4n) is 4.50. The molecule has 202 valence electrons. The molecule has 0 aliphatic rings. The first-order chi connectivity index (χ1) is 15.7. The third-order valence-electron chi connectivity index (χ3n) is 6.80. The number of hydrogen-bond acceptors (Lipinski definition) is 0. The fourth-order valence-corrected chi connectivity index (χ4v) is 21.6. The van der Waals surface area contributed by atoms with Crippen molar-refractivity contribution < 1.29 is 5.48 Å². The predicted octanol–water partition coefficient (Wildman–Crippen LogP) is 11.3. The predicted molar refractivity (Wildman–Crippen MR) is 161 cm³/mol. The van der Waals surface area contributed by atoms with Crippen molar-refractivity contribution in [2.75, 3.05) is 0 Å². The summed E-state index contributed by atoms with van der Waals surface area (Å²) in [4.78, 5) is 0. The molecular weight excluding hydrogens is 614 g/mol. The van der Waals surface area contributed by atoms with Gasteiger partial charge in [-0.15, -0.1) is 0 Å². The van der Waals surface area contributed by atoms with E-state index in [1.807, 2.05) is 0 Å². The average Bonchev–Trinajstić information content (AvgIpc) is 2.80. The molecule has 0 spiro atoms. The van der Waals surface area contributed by atoms with Crippen molar-refractivity contribution in [3.8, 4) is 0 Å². The molecule has 0 saturated heterocycles. The molecule has 0 aliphatic heterocycles. The van der Waals surface area contributed by atoms with Gasteiger partial charge in [-0.25, -0.2) is 0 Å². The zero-order valence-corrected chi connectivity index (χ0v) is 30.2. The quantitative estimate of drug-likeness (QED) is 0.0717. The van der Waals surface area contributed by atoms with Crippen molar-refractivity contribution in [2.45, 2.75) is 184 Å². The summed E-state index contributed by atoms with van der Waals surface area (Å²) in [7, 11) is 0. The molecule has 1 nitrogen and oxygen atoms in total. The number of rotatable bonds is 24. The van der Waals surface area contributed by atoms with Gasteiger partial charge in [0.2, 0.25) is 0 Å². The molecule has 0 atom stereocenters. The van der Waals surface area contributed by atoms with Crippen LogP contribution in [0, 0.1) is 0 Å². The summed E-state index contributed by atoms with van der Waals surface area (Å²) < 4.78 is 10.2. The van der Waals surface area contributed by atoms with Gasteiger partial charge in [-0.05, 0) is 0 Å². The van der Waals surface area contributed by atoms with Crippen LogP contribution >= 0.6 is 0 Å². The monoisotopic (exact) mass is 684 g/mol. The van der Waals surface area contributed by atoms with E-state index < -0.39 is 39.5 Å². The number of hydrogen-bond donors (Lipinski definition) is 0. The Morgan fingerprint density at radius 3 is 0.545 bits per heavy atom. The van der Waals surface area contributed by atoms with Crippen molar-refractivity contribution in [3.05, 3.63) is 0 Å². The standard InChI is InChI=1S/6C5H11.H2O.2Sn/c6*1-3-5-4-2;;;/h6*1,3-5H2,2H3;1H2;;. The molecule has 0 amide bonds. The Morgan fingerprint density at radius 1 is 0.273 bits per heavy atom. The van der Waals surface area contributed by atoms with Crippen LogP contribution in [-0.2, 0) is 0 Å². The van der Waals surface area contributed by atoms with Gasteiger partial charge in [0.05, 0.1) is 0 Å². The third-order valence-corrected chi connectivity index (χ3v) is 25.0. The number of unbranched alkanes of at least 4 members (excludes halogenated alkanes) is 12. The van der Waals surface area contributed by atoms with Gasteiger partial charge in [0.15, 0.2) is 0 Å². The Balaban J connectivity index is -0.000000529. The first-order valence-electron chi connectivity index (χ1n) is 15.4. The molecule has 2 radical (unpaired) electrons. The summed E-state index contributed by atoms with van der Waals surface area (Å²) in [5.74, 6) is 0. The second-order valence-corrected chi connectivity index (χ2v) is 27.4. The molecule has 3 heteroatoms. The Kier molecular flexibility index (Phi) is 42.3. The van der Waals surface area contributed by atoms with Crippen LogP contribution in [0.2, 0.25) is 26.6 Å². The topological polar surface area (TPSA) is 31.5 Å². The van der Waals surface area contributed by atoms with Crippen LogP contribution < -0.4 is 0 Å². The summed E-state index contributed by atoms with van der Waals surface area (Å²) in [6.07, 6.45) is 26.7. The summed E-state index contributed by atoms with van der Waals surface area (Å²) >= 11 is -1.80. The third kappa shape index (κ3) is 33.6. The first kappa shape index (κ1) is 39.1. The minimum Gasteiger partial charge on any atom is -0.412 e. The van der Waals surface area contributed by atoms with Gasteiger partial charge in [0, 0.05) is 0 Å². The van der Waals surface area contributed by atoms with E-state index in [0.29, 0.717) is 0 Å². The Bertz CT molecular complexity index is 234. The molecule has 0 aromatic carbocycles. The molecule has 0 aliphatic carbocycles. The maximum absolute atomic E-state index is 2.33. The van der Waals surface area contributed by atoms with E-state index in [1.165, 1.54) is 77.0 Å². The van der Waals surface area contributed by atoms with Gasteiger partial charge in [-0.1, -0.05) is 0 Å². The van der Waals surface area contributed by atoms with Gasteiger partial charge in [0.25, 0.3) is 0 Å². The van der Waals surface area contributed by atoms with Crippen LogP contribution in [0.25, 0.3) is 0 Å². The van der Waals surface area contributed by atoms with E-state index >= 15 is 0 Å². The van der Waals surface area contributed by atoms with Crippen LogP contribution in [-0.4, -0.2) is 45.0 Å². The Morgan fingerprint density at radius 2 is 0.424 bits per heavy atom. The molecule has 0 unspecified atom stereocenters. The zero-order chi connectivity index (χ0) is 24.1. The second kappa shape index (κ2) is 35.7. The normalized spacial score (nSPS) is 10.9. The van der Waals surface area contributed by atoms with Crippen LogP contribution in [0.4, 0.5) is 0 Å². The molecular formula is C30H68OSn2. The van der Waals surface area contributed by atoms with Crippen LogP contribution in [0.1, 0.15) is 157 Å². The first-order valence-corrected chi connectivity index (χ1v) is 27.5. The van der Waals surface area contributed by atoms with Gasteiger partial charge in [0.1, 0.15) is 0 Å². The molecule has 0 saturated carbocycles. The van der Waals surface area contributed by atoms with Gasteiger partial charge in [-0.2, -0.15) is 0 Å². The van der Waals surface area contributed by atoms with Crippen molar-refractivity contribution in [1.82, 2.24) is 0 Å². The summed E-state index contributed by atoms with van der Waals surface area (Å²) in [5, 5.41) is 0. The van der Waals surface area contributed by atoms with E-state index in [-0.39, 0.29) is 5.48 Å². The SMILES string of the molecule is CCCC[CH2][Sn]([CH2]CCCC)[CH2]CCCC.CCCC[CH2][Sn]([CH2]CCCC)[CH2]CCCC.O. The zero-order valence-electron chi connectivity index (χ0n) is 24.5. The Labute approximate surface area is 227 Å². The summed E-state index contributed by atoms with van der Waals surface area (Å²) in [5.41, 5.74) is 0. The van der Waals surface area contributed by atoms with Crippen molar-refractivity contribution in [1.29, 1.82) is 0 Å². The fraction of sp³-hybridized carbons (Fsp3) is 1.00. The van der Waals surface area contributed by atoms with Crippen LogP contribution in [0.5, 0.6) is 0 Å². The Hall–Kier alpha value is 1.56. The van der Waals surface area contributed by atoms with Crippen molar-refractivity contribution in [2.24, 2.45) is 0 Å². The second-order valence-electron chi connectivity index (χ2n) is 10.2. The van der Waals surface area contributed by atoms with E-state index in [2.05, 4.69) is 41.5 Å². The van der Waals surface area contributed by atoms with E-state index in [1.54, 1.807) is 65.1 Å². The van der Waals surface area contributed by atoms with Crippen molar-refractivity contribution >= 4 is 39.5 Å². The van der Waals surface area contributed by atoms with E-state index in [0.717, 1.165) is 0 Å². The maximum atomic E-state index is 2.33. The smallest absolute Gasteiger partial charge is 0.412 e. The van der Waals surface area contributed by atoms with Gasteiger partial charge in [-0.3, -0.25) is 0 Å². The minimum atomic E-state index is -0.900. The summed E-state index contributed by atoms with van der Waals surface area (Å²) in [6.45, 7) is 14.0.